The topological polar surface area (TPSA) is 41.1 Å². The Kier molecular flexibility index (Phi) is 3.77. The summed E-state index contributed by atoms with van der Waals surface area (Å²) < 4.78 is 0. The SMILES string of the molecule is Cc1nc(NC(C)(C)C)cc(N2CCc3ccccc3C2)n1. The molecule has 0 bridgehead atoms. The van der Waals surface area contributed by atoms with Crippen molar-refractivity contribution in [1.82, 2.24) is 9.97 Å². The van der Waals surface area contributed by atoms with E-state index in [1.807, 2.05) is 6.92 Å². The Morgan fingerprint density at radius 2 is 1.82 bits per heavy atom. The van der Waals surface area contributed by atoms with Crippen LogP contribution in [0.15, 0.2) is 30.3 Å². The Morgan fingerprint density at radius 3 is 2.55 bits per heavy atom. The molecular formula is C18H24N4. The van der Waals surface area contributed by atoms with Crippen molar-refractivity contribution in [1.29, 1.82) is 0 Å². The Morgan fingerprint density at radius 1 is 1.09 bits per heavy atom. The number of anilines is 2. The number of nitrogens with one attached hydrogen (secondary N) is 1. The maximum atomic E-state index is 4.64. The minimum Gasteiger partial charge on any atom is -0.365 e. The van der Waals surface area contributed by atoms with E-state index in [0.29, 0.717) is 0 Å². The molecular weight excluding hydrogens is 272 g/mol. The maximum Gasteiger partial charge on any atom is 0.134 e. The molecule has 1 aliphatic heterocycles. The van der Waals surface area contributed by atoms with Crippen molar-refractivity contribution >= 4 is 11.6 Å². The number of hydrogen-bond acceptors (Lipinski definition) is 4. The number of benzene rings is 1. The van der Waals surface area contributed by atoms with E-state index in [4.69, 9.17) is 0 Å². The number of hydrogen-bond donors (Lipinski definition) is 1. The van der Waals surface area contributed by atoms with Crippen molar-refractivity contribution in [2.75, 3.05) is 16.8 Å². The molecule has 2 heterocycles. The lowest BCUT2D eigenvalue weighted by Gasteiger charge is -2.30. The Hall–Kier alpha value is -2.10. The minimum atomic E-state index is -0.00738. The second-order valence-electron chi connectivity index (χ2n) is 6.97. The zero-order valence-electron chi connectivity index (χ0n) is 13.8. The number of aromatic nitrogens is 2. The van der Waals surface area contributed by atoms with Gasteiger partial charge in [-0.3, -0.25) is 0 Å². The quantitative estimate of drug-likeness (QED) is 0.920. The molecule has 1 N–H and O–H groups in total. The van der Waals surface area contributed by atoms with Gasteiger partial charge in [0.25, 0.3) is 0 Å². The van der Waals surface area contributed by atoms with E-state index < -0.39 is 0 Å². The van der Waals surface area contributed by atoms with E-state index in [-0.39, 0.29) is 5.54 Å². The van der Waals surface area contributed by atoms with Crippen LogP contribution in [0, 0.1) is 6.92 Å². The van der Waals surface area contributed by atoms with Crippen LogP contribution in [-0.4, -0.2) is 22.1 Å². The number of aryl methyl sites for hydroxylation is 1. The van der Waals surface area contributed by atoms with Crippen LogP contribution in [0.2, 0.25) is 0 Å². The zero-order valence-corrected chi connectivity index (χ0v) is 13.8. The van der Waals surface area contributed by atoms with Crippen LogP contribution in [-0.2, 0) is 13.0 Å². The summed E-state index contributed by atoms with van der Waals surface area (Å²) in [6.07, 6.45) is 1.07. The van der Waals surface area contributed by atoms with E-state index in [0.717, 1.165) is 37.0 Å². The number of fused-ring (bicyclic) bond motifs is 1. The molecule has 0 radical (unpaired) electrons. The lowest BCUT2D eigenvalue weighted by molar-refractivity contribution is 0.628. The average Bonchev–Trinajstić information content (AvgIpc) is 2.44. The van der Waals surface area contributed by atoms with Crippen molar-refractivity contribution in [2.45, 2.75) is 46.2 Å². The van der Waals surface area contributed by atoms with E-state index >= 15 is 0 Å². The van der Waals surface area contributed by atoms with Gasteiger partial charge in [-0.25, -0.2) is 9.97 Å². The predicted octanol–water partition coefficient (Wildman–Crippen LogP) is 3.56. The van der Waals surface area contributed by atoms with Gasteiger partial charge in [0.15, 0.2) is 0 Å². The third kappa shape index (κ3) is 3.38. The first-order valence-corrected chi connectivity index (χ1v) is 7.86. The van der Waals surface area contributed by atoms with Crippen LogP contribution >= 0.6 is 0 Å². The van der Waals surface area contributed by atoms with Gasteiger partial charge in [-0.05, 0) is 45.2 Å². The molecule has 0 unspecified atom stereocenters. The molecule has 1 aliphatic rings. The van der Waals surface area contributed by atoms with E-state index in [1.54, 1.807) is 0 Å². The summed E-state index contributed by atoms with van der Waals surface area (Å²) >= 11 is 0. The summed E-state index contributed by atoms with van der Waals surface area (Å²) in [7, 11) is 0. The Balaban J connectivity index is 1.86. The van der Waals surface area contributed by atoms with Gasteiger partial charge in [-0.2, -0.15) is 0 Å². The molecule has 4 nitrogen and oxygen atoms in total. The summed E-state index contributed by atoms with van der Waals surface area (Å²) in [5, 5.41) is 3.44. The standard InChI is InChI=1S/C18H24N4/c1-13-19-16(21-18(2,3)4)11-17(20-13)22-10-9-14-7-5-6-8-15(14)12-22/h5-8,11H,9-10,12H2,1-4H3,(H,19,20,21). The predicted molar refractivity (Wildman–Crippen MR) is 91.3 cm³/mol. The van der Waals surface area contributed by atoms with E-state index in [1.165, 1.54) is 11.1 Å². The van der Waals surface area contributed by atoms with E-state index in [9.17, 15) is 0 Å². The van der Waals surface area contributed by atoms with Gasteiger partial charge in [-0.15, -0.1) is 0 Å². The largest absolute Gasteiger partial charge is 0.365 e. The zero-order chi connectivity index (χ0) is 15.7. The fraction of sp³-hybridized carbons (Fsp3) is 0.444. The molecule has 0 spiro atoms. The van der Waals surface area contributed by atoms with Gasteiger partial charge in [-0.1, -0.05) is 24.3 Å². The Bertz CT molecular complexity index is 673. The molecule has 0 amide bonds. The first-order valence-electron chi connectivity index (χ1n) is 7.86. The summed E-state index contributed by atoms with van der Waals surface area (Å²) in [6.45, 7) is 10.3. The second-order valence-corrected chi connectivity index (χ2v) is 6.97. The Labute approximate surface area is 132 Å². The average molecular weight is 296 g/mol. The lowest BCUT2D eigenvalue weighted by Crippen LogP contribution is -2.32. The van der Waals surface area contributed by atoms with Crippen molar-refractivity contribution in [2.24, 2.45) is 0 Å². The molecule has 0 saturated carbocycles. The second kappa shape index (κ2) is 5.59. The summed E-state index contributed by atoms with van der Waals surface area (Å²) in [5.74, 6) is 2.71. The van der Waals surface area contributed by atoms with Gasteiger partial charge in [0.2, 0.25) is 0 Å². The van der Waals surface area contributed by atoms with Crippen LogP contribution in [0.1, 0.15) is 37.7 Å². The van der Waals surface area contributed by atoms with Crippen LogP contribution in [0.5, 0.6) is 0 Å². The highest BCUT2D eigenvalue weighted by Crippen LogP contribution is 2.25. The van der Waals surface area contributed by atoms with Gasteiger partial charge >= 0.3 is 0 Å². The molecule has 22 heavy (non-hydrogen) atoms. The van der Waals surface area contributed by atoms with Gasteiger partial charge < -0.3 is 10.2 Å². The van der Waals surface area contributed by atoms with Crippen LogP contribution < -0.4 is 10.2 Å². The van der Waals surface area contributed by atoms with Crippen molar-refractivity contribution in [3.63, 3.8) is 0 Å². The first-order chi connectivity index (χ1) is 10.4. The number of rotatable bonds is 2. The van der Waals surface area contributed by atoms with Gasteiger partial charge in [0, 0.05) is 24.7 Å². The van der Waals surface area contributed by atoms with Crippen LogP contribution in [0.25, 0.3) is 0 Å². The minimum absolute atomic E-state index is 0.00738. The lowest BCUT2D eigenvalue weighted by atomic mass is 10.00. The molecule has 116 valence electrons. The molecule has 0 aliphatic carbocycles. The summed E-state index contributed by atoms with van der Waals surface area (Å²) in [4.78, 5) is 11.5. The normalized spacial score (nSPS) is 14.6. The summed E-state index contributed by atoms with van der Waals surface area (Å²) in [6, 6.07) is 10.7. The third-order valence-electron chi connectivity index (χ3n) is 3.78. The molecule has 0 atom stereocenters. The van der Waals surface area contributed by atoms with Crippen LogP contribution in [0.3, 0.4) is 0 Å². The van der Waals surface area contributed by atoms with Gasteiger partial charge in [0.05, 0.1) is 0 Å². The molecule has 0 saturated heterocycles. The first kappa shape index (κ1) is 14.8. The van der Waals surface area contributed by atoms with Crippen molar-refractivity contribution in [3.05, 3.63) is 47.3 Å². The molecule has 2 aromatic rings. The van der Waals surface area contributed by atoms with Crippen molar-refractivity contribution in [3.8, 4) is 0 Å². The van der Waals surface area contributed by atoms with Crippen molar-refractivity contribution < 1.29 is 0 Å². The highest BCUT2D eigenvalue weighted by Gasteiger charge is 2.19. The fourth-order valence-electron chi connectivity index (χ4n) is 2.85. The smallest absolute Gasteiger partial charge is 0.134 e. The highest BCUT2D eigenvalue weighted by molar-refractivity contribution is 5.52. The summed E-state index contributed by atoms with van der Waals surface area (Å²) in [5.41, 5.74) is 2.85. The fourth-order valence-corrected chi connectivity index (χ4v) is 2.85. The van der Waals surface area contributed by atoms with Crippen LogP contribution in [0.4, 0.5) is 11.6 Å². The molecule has 0 fully saturated rings. The third-order valence-corrected chi connectivity index (χ3v) is 3.78. The van der Waals surface area contributed by atoms with E-state index in [2.05, 4.69) is 71.3 Å². The highest BCUT2D eigenvalue weighted by atomic mass is 15.2. The molecule has 3 rings (SSSR count). The molecule has 1 aromatic heterocycles. The van der Waals surface area contributed by atoms with Gasteiger partial charge in [0.1, 0.15) is 17.5 Å². The molecule has 4 heteroatoms. The number of nitrogens with zero attached hydrogens (tertiary/aromatic N) is 3. The maximum absolute atomic E-state index is 4.64. The monoisotopic (exact) mass is 296 g/mol. The molecule has 1 aromatic carbocycles.